The van der Waals surface area contributed by atoms with Crippen molar-refractivity contribution >= 4 is 28.3 Å². The highest BCUT2D eigenvalue weighted by Gasteiger charge is 2.04. The number of hydrogen-bond acceptors (Lipinski definition) is 5. The molecule has 1 aromatic heterocycles. The lowest BCUT2D eigenvalue weighted by Gasteiger charge is -1.96. The molecule has 1 N–H and O–H groups in total. The molecule has 0 fully saturated rings. The van der Waals surface area contributed by atoms with E-state index in [1.165, 1.54) is 11.5 Å². The largest absolute Gasteiger partial charge is 0.377 e. The lowest BCUT2D eigenvalue weighted by atomic mass is 10.5. The van der Waals surface area contributed by atoms with Crippen LogP contribution in [0.2, 0.25) is 0 Å². The summed E-state index contributed by atoms with van der Waals surface area (Å²) in [6, 6.07) is 0. The van der Waals surface area contributed by atoms with Gasteiger partial charge < -0.3 is 5.32 Å². The van der Waals surface area contributed by atoms with Gasteiger partial charge in [0.05, 0.1) is 0 Å². The molecule has 1 rings (SSSR count). The number of nitrogens with zero attached hydrogens (tertiary/aromatic N) is 2. The second-order valence-electron chi connectivity index (χ2n) is 1.94. The van der Waals surface area contributed by atoms with Gasteiger partial charge in [-0.25, -0.2) is 0 Å². The minimum absolute atomic E-state index is 0.961. The van der Waals surface area contributed by atoms with E-state index >= 15 is 0 Å². The van der Waals surface area contributed by atoms with Crippen LogP contribution in [0.25, 0.3) is 0 Å². The van der Waals surface area contributed by atoms with Crippen molar-refractivity contribution in [3.63, 3.8) is 0 Å². The zero-order valence-electron chi connectivity index (χ0n) is 6.63. The average Bonchev–Trinajstić information content (AvgIpc) is 2.47. The van der Waals surface area contributed by atoms with Crippen molar-refractivity contribution in [2.75, 3.05) is 18.1 Å². The molecule has 11 heavy (non-hydrogen) atoms. The van der Waals surface area contributed by atoms with Gasteiger partial charge in [-0.05, 0) is 5.75 Å². The number of rotatable bonds is 4. The summed E-state index contributed by atoms with van der Waals surface area (Å²) in [7, 11) is 1.90. The monoisotopic (exact) mass is 189 g/mol. The summed E-state index contributed by atoms with van der Waals surface area (Å²) in [6.07, 6.45) is 0. The van der Waals surface area contributed by atoms with Crippen LogP contribution in [-0.4, -0.2) is 22.4 Å². The maximum Gasteiger partial charge on any atom is 0.133 e. The number of nitrogens with one attached hydrogen (secondary N) is 1. The molecule has 0 aromatic carbocycles. The fraction of sp³-hybridized carbons (Fsp3) is 0.667. The molecule has 5 heteroatoms. The molecule has 0 aliphatic rings. The van der Waals surface area contributed by atoms with E-state index in [9.17, 15) is 0 Å². The van der Waals surface area contributed by atoms with E-state index in [1.807, 2.05) is 18.8 Å². The number of anilines is 1. The summed E-state index contributed by atoms with van der Waals surface area (Å²) in [6.45, 7) is 2.14. The molecule has 0 aliphatic heterocycles. The molecule has 0 bridgehead atoms. The van der Waals surface area contributed by atoms with Crippen LogP contribution in [0.5, 0.6) is 0 Å². The van der Waals surface area contributed by atoms with Crippen LogP contribution in [0.15, 0.2) is 0 Å². The van der Waals surface area contributed by atoms with Crippen LogP contribution in [0.4, 0.5) is 5.00 Å². The lowest BCUT2D eigenvalue weighted by molar-refractivity contribution is 1.07. The third kappa shape index (κ3) is 2.34. The molecule has 0 saturated carbocycles. The minimum Gasteiger partial charge on any atom is -0.377 e. The second-order valence-corrected chi connectivity index (χ2v) is 3.96. The van der Waals surface area contributed by atoms with Crippen LogP contribution < -0.4 is 5.32 Å². The van der Waals surface area contributed by atoms with Gasteiger partial charge >= 0.3 is 0 Å². The van der Waals surface area contributed by atoms with Gasteiger partial charge in [0.2, 0.25) is 0 Å². The van der Waals surface area contributed by atoms with E-state index in [0.717, 1.165) is 22.2 Å². The number of hydrogen-bond donors (Lipinski definition) is 1. The highest BCUT2D eigenvalue weighted by atomic mass is 32.2. The van der Waals surface area contributed by atoms with Gasteiger partial charge in [-0.3, -0.25) is 0 Å². The maximum atomic E-state index is 4.01. The Morgan fingerprint density at radius 1 is 1.64 bits per heavy atom. The van der Waals surface area contributed by atoms with Crippen molar-refractivity contribution < 1.29 is 0 Å². The van der Waals surface area contributed by atoms with Crippen LogP contribution in [0.1, 0.15) is 12.6 Å². The molecule has 0 atom stereocenters. The van der Waals surface area contributed by atoms with Crippen LogP contribution >= 0.6 is 23.3 Å². The van der Waals surface area contributed by atoms with Crippen molar-refractivity contribution in [2.45, 2.75) is 12.7 Å². The van der Waals surface area contributed by atoms with Gasteiger partial charge in [0.1, 0.15) is 10.7 Å². The molecule has 0 unspecified atom stereocenters. The van der Waals surface area contributed by atoms with Crippen molar-refractivity contribution in [1.29, 1.82) is 0 Å². The predicted octanol–water partition coefficient (Wildman–Crippen LogP) is 1.83. The molecule has 0 aliphatic carbocycles. The van der Waals surface area contributed by atoms with Gasteiger partial charge in [-0.15, -0.1) is 5.10 Å². The van der Waals surface area contributed by atoms with E-state index in [0.29, 0.717) is 0 Å². The first-order valence-corrected chi connectivity index (χ1v) is 5.38. The van der Waals surface area contributed by atoms with E-state index in [1.54, 1.807) is 0 Å². The highest BCUT2D eigenvalue weighted by Crippen LogP contribution is 2.21. The fourth-order valence-electron chi connectivity index (χ4n) is 0.692. The van der Waals surface area contributed by atoms with Crippen LogP contribution in [-0.2, 0) is 5.75 Å². The molecule has 1 aromatic rings. The molecule has 3 nitrogen and oxygen atoms in total. The van der Waals surface area contributed by atoms with Gasteiger partial charge in [0.25, 0.3) is 0 Å². The van der Waals surface area contributed by atoms with E-state index in [4.69, 9.17) is 0 Å². The zero-order chi connectivity index (χ0) is 8.10. The Morgan fingerprint density at radius 2 is 2.45 bits per heavy atom. The van der Waals surface area contributed by atoms with Crippen LogP contribution in [0, 0.1) is 0 Å². The van der Waals surface area contributed by atoms with Gasteiger partial charge in [-0.2, -0.15) is 11.8 Å². The Bertz CT molecular complexity index is 211. The standard InChI is InChI=1S/C6H11N3S2/c1-3-10-4-5-6(7-2)11-9-8-5/h7H,3-4H2,1-2H3. The van der Waals surface area contributed by atoms with E-state index < -0.39 is 0 Å². The SMILES string of the molecule is CCSCc1nnsc1NC. The Hall–Kier alpha value is -0.290. The van der Waals surface area contributed by atoms with Gasteiger partial charge in [0.15, 0.2) is 0 Å². The van der Waals surface area contributed by atoms with E-state index in [2.05, 4.69) is 21.8 Å². The summed E-state index contributed by atoms with van der Waals surface area (Å²) in [4.78, 5) is 0. The molecule has 0 radical (unpaired) electrons. The molecular weight excluding hydrogens is 178 g/mol. The highest BCUT2D eigenvalue weighted by molar-refractivity contribution is 7.98. The average molecular weight is 189 g/mol. The van der Waals surface area contributed by atoms with Crippen molar-refractivity contribution in [1.82, 2.24) is 9.59 Å². The quantitative estimate of drug-likeness (QED) is 0.784. The molecule has 62 valence electrons. The van der Waals surface area contributed by atoms with Crippen molar-refractivity contribution in [3.8, 4) is 0 Å². The molecule has 0 spiro atoms. The summed E-state index contributed by atoms with van der Waals surface area (Å²) in [5.41, 5.74) is 1.07. The molecule has 0 saturated heterocycles. The summed E-state index contributed by atoms with van der Waals surface area (Å²) in [5, 5.41) is 8.16. The first-order chi connectivity index (χ1) is 5.38. The van der Waals surface area contributed by atoms with Gasteiger partial charge in [-0.1, -0.05) is 11.4 Å². The zero-order valence-corrected chi connectivity index (χ0v) is 8.26. The fourth-order valence-corrected chi connectivity index (χ4v) is 1.91. The first-order valence-electron chi connectivity index (χ1n) is 3.45. The normalized spacial score (nSPS) is 10.0. The Morgan fingerprint density at radius 3 is 3.09 bits per heavy atom. The summed E-state index contributed by atoms with van der Waals surface area (Å²) >= 11 is 3.27. The smallest absolute Gasteiger partial charge is 0.133 e. The third-order valence-electron chi connectivity index (χ3n) is 1.23. The molecular formula is C6H11N3S2. The Kier molecular flexibility index (Phi) is 3.65. The molecule has 1 heterocycles. The Balaban J connectivity index is 2.54. The Labute approximate surface area is 74.8 Å². The first kappa shape index (κ1) is 8.80. The van der Waals surface area contributed by atoms with Crippen molar-refractivity contribution in [2.24, 2.45) is 0 Å². The summed E-state index contributed by atoms with van der Waals surface area (Å²) < 4.78 is 3.86. The van der Waals surface area contributed by atoms with Crippen LogP contribution in [0.3, 0.4) is 0 Å². The third-order valence-corrected chi connectivity index (χ3v) is 2.90. The second kappa shape index (κ2) is 4.56. The number of aromatic nitrogens is 2. The lowest BCUT2D eigenvalue weighted by Crippen LogP contribution is -1.90. The maximum absolute atomic E-state index is 4.01. The van der Waals surface area contributed by atoms with E-state index in [-0.39, 0.29) is 0 Å². The topological polar surface area (TPSA) is 37.8 Å². The molecule has 0 amide bonds. The van der Waals surface area contributed by atoms with Crippen molar-refractivity contribution in [3.05, 3.63) is 5.69 Å². The summed E-state index contributed by atoms with van der Waals surface area (Å²) in [5.74, 6) is 2.09. The predicted molar refractivity (Wildman–Crippen MR) is 51.3 cm³/mol. The number of thioether (sulfide) groups is 1. The van der Waals surface area contributed by atoms with Gasteiger partial charge in [0, 0.05) is 24.3 Å². The minimum atomic E-state index is 0.961.